The number of hydrogen-bond donors (Lipinski definition) is 1. The summed E-state index contributed by atoms with van der Waals surface area (Å²) in [5.41, 5.74) is 4.71. The number of anilines is 1. The predicted octanol–water partition coefficient (Wildman–Crippen LogP) is 6.65. The molecule has 0 aliphatic carbocycles. The lowest BCUT2D eigenvalue weighted by Gasteiger charge is -2.30. The number of halogens is 2. The van der Waals surface area contributed by atoms with Gasteiger partial charge in [-0.2, -0.15) is 20.3 Å². The first-order chi connectivity index (χ1) is 19.5. The molecule has 196 valence electrons. The molecule has 1 aliphatic heterocycles. The molecule has 1 atom stereocenters. The van der Waals surface area contributed by atoms with E-state index in [2.05, 4.69) is 20.5 Å². The van der Waals surface area contributed by atoms with E-state index in [-0.39, 0.29) is 12.1 Å². The van der Waals surface area contributed by atoms with Gasteiger partial charge in [0.1, 0.15) is 11.9 Å². The second-order valence-electron chi connectivity index (χ2n) is 9.16. The maximum Gasteiger partial charge on any atom is 0.295 e. The fourth-order valence-electron chi connectivity index (χ4n) is 4.49. The van der Waals surface area contributed by atoms with Gasteiger partial charge in [-0.1, -0.05) is 89.9 Å². The average Bonchev–Trinajstić information content (AvgIpc) is 2.98. The summed E-state index contributed by atoms with van der Waals surface area (Å²) in [6.45, 7) is 0. The molecule has 2 heterocycles. The van der Waals surface area contributed by atoms with E-state index in [0.717, 1.165) is 27.9 Å². The van der Waals surface area contributed by atoms with Crippen molar-refractivity contribution in [1.29, 1.82) is 0 Å². The van der Waals surface area contributed by atoms with Gasteiger partial charge in [-0.3, -0.25) is 4.79 Å². The highest BCUT2D eigenvalue weighted by Gasteiger charge is 2.28. The molecule has 0 radical (unpaired) electrons. The molecular formula is C31H22Cl2N6O. The van der Waals surface area contributed by atoms with Crippen molar-refractivity contribution in [2.75, 3.05) is 5.32 Å². The SMILES string of the molecule is O=c1nc2n(nc1C/C(=N/N=C/c1ccc(Cl)cc1)c1ccccc1)C(c1ccc(Cl)cc1)Nc1ccccc1-2. The molecule has 1 aromatic heterocycles. The van der Waals surface area contributed by atoms with E-state index < -0.39 is 11.7 Å². The Labute approximate surface area is 240 Å². The fourth-order valence-corrected chi connectivity index (χ4v) is 4.74. The first kappa shape index (κ1) is 25.7. The molecule has 4 aromatic carbocycles. The number of benzene rings is 4. The monoisotopic (exact) mass is 564 g/mol. The Hall–Kier alpha value is -4.59. The van der Waals surface area contributed by atoms with Gasteiger partial charge in [0.15, 0.2) is 5.82 Å². The Morgan fingerprint density at radius 2 is 1.55 bits per heavy atom. The van der Waals surface area contributed by atoms with Gasteiger partial charge in [0.25, 0.3) is 5.56 Å². The molecule has 0 amide bonds. The number of rotatable bonds is 6. The van der Waals surface area contributed by atoms with Crippen LogP contribution >= 0.6 is 23.2 Å². The van der Waals surface area contributed by atoms with E-state index in [9.17, 15) is 4.79 Å². The molecule has 7 nitrogen and oxygen atoms in total. The zero-order valence-corrected chi connectivity index (χ0v) is 22.6. The van der Waals surface area contributed by atoms with Crippen molar-refractivity contribution in [3.63, 3.8) is 0 Å². The van der Waals surface area contributed by atoms with Gasteiger partial charge in [0, 0.05) is 27.7 Å². The molecule has 0 bridgehead atoms. The van der Waals surface area contributed by atoms with Gasteiger partial charge >= 0.3 is 0 Å². The summed E-state index contributed by atoms with van der Waals surface area (Å²) in [5, 5.41) is 18.4. The summed E-state index contributed by atoms with van der Waals surface area (Å²) < 4.78 is 1.75. The Kier molecular flexibility index (Phi) is 7.23. The number of hydrogen-bond acceptors (Lipinski definition) is 6. The zero-order chi connectivity index (χ0) is 27.5. The van der Waals surface area contributed by atoms with Crippen molar-refractivity contribution in [3.8, 4) is 11.4 Å². The van der Waals surface area contributed by atoms with E-state index >= 15 is 0 Å². The third-order valence-corrected chi connectivity index (χ3v) is 6.99. The van der Waals surface area contributed by atoms with Gasteiger partial charge in [-0.05, 0) is 53.1 Å². The first-order valence-corrected chi connectivity index (χ1v) is 13.3. The summed E-state index contributed by atoms with van der Waals surface area (Å²) in [6, 6.07) is 32.1. The van der Waals surface area contributed by atoms with Crippen LogP contribution in [0.15, 0.2) is 118 Å². The van der Waals surface area contributed by atoms with Gasteiger partial charge in [0.2, 0.25) is 0 Å². The molecule has 5 aromatic rings. The van der Waals surface area contributed by atoms with Crippen molar-refractivity contribution in [1.82, 2.24) is 14.8 Å². The lowest BCUT2D eigenvalue weighted by Crippen LogP contribution is -2.33. The molecule has 9 heteroatoms. The molecule has 6 rings (SSSR count). The van der Waals surface area contributed by atoms with Crippen LogP contribution in [0.4, 0.5) is 5.69 Å². The minimum absolute atomic E-state index is 0.142. The van der Waals surface area contributed by atoms with E-state index in [0.29, 0.717) is 21.6 Å². The van der Waals surface area contributed by atoms with E-state index in [1.54, 1.807) is 23.0 Å². The van der Waals surface area contributed by atoms with Crippen LogP contribution in [0.2, 0.25) is 10.0 Å². The quantitative estimate of drug-likeness (QED) is 0.185. The minimum Gasteiger partial charge on any atom is -0.359 e. The smallest absolute Gasteiger partial charge is 0.295 e. The maximum absolute atomic E-state index is 13.4. The Morgan fingerprint density at radius 1 is 0.875 bits per heavy atom. The lowest BCUT2D eigenvalue weighted by molar-refractivity contribution is 0.537. The van der Waals surface area contributed by atoms with E-state index in [1.807, 2.05) is 91.0 Å². The fraction of sp³-hybridized carbons (Fsp3) is 0.0645. The third kappa shape index (κ3) is 5.43. The first-order valence-electron chi connectivity index (χ1n) is 12.6. The van der Waals surface area contributed by atoms with Crippen molar-refractivity contribution in [2.24, 2.45) is 10.2 Å². The molecule has 1 unspecified atom stereocenters. The minimum atomic E-state index is -0.414. The zero-order valence-electron chi connectivity index (χ0n) is 21.1. The summed E-state index contributed by atoms with van der Waals surface area (Å²) in [5.74, 6) is 0.488. The van der Waals surface area contributed by atoms with Crippen LogP contribution in [0.5, 0.6) is 0 Å². The summed E-state index contributed by atoms with van der Waals surface area (Å²) in [7, 11) is 0. The van der Waals surface area contributed by atoms with Crippen molar-refractivity contribution in [2.45, 2.75) is 12.6 Å². The highest BCUT2D eigenvalue weighted by molar-refractivity contribution is 6.30. The van der Waals surface area contributed by atoms with Gasteiger partial charge in [-0.25, -0.2) is 4.68 Å². The van der Waals surface area contributed by atoms with Gasteiger partial charge < -0.3 is 5.32 Å². The largest absolute Gasteiger partial charge is 0.359 e. The maximum atomic E-state index is 13.4. The molecule has 40 heavy (non-hydrogen) atoms. The van der Waals surface area contributed by atoms with Crippen molar-refractivity contribution in [3.05, 3.63) is 146 Å². The molecule has 0 spiro atoms. The van der Waals surface area contributed by atoms with Crippen LogP contribution in [0.25, 0.3) is 11.4 Å². The third-order valence-electron chi connectivity index (χ3n) is 6.49. The Balaban J connectivity index is 1.42. The molecular weight excluding hydrogens is 543 g/mol. The summed E-state index contributed by atoms with van der Waals surface area (Å²) >= 11 is 12.1. The number of fused-ring (bicyclic) bond motifs is 3. The molecule has 1 aliphatic rings. The number of nitrogens with zero attached hydrogens (tertiary/aromatic N) is 5. The van der Waals surface area contributed by atoms with Crippen molar-refractivity contribution < 1.29 is 0 Å². The summed E-state index contributed by atoms with van der Waals surface area (Å²) in [4.78, 5) is 17.9. The molecule has 0 saturated carbocycles. The summed E-state index contributed by atoms with van der Waals surface area (Å²) in [6.07, 6.45) is 1.39. The van der Waals surface area contributed by atoms with Crippen LogP contribution in [0.3, 0.4) is 0 Å². The second kappa shape index (κ2) is 11.3. The Morgan fingerprint density at radius 3 is 2.30 bits per heavy atom. The molecule has 1 N–H and O–H groups in total. The molecule has 0 fully saturated rings. The highest BCUT2D eigenvalue weighted by atomic mass is 35.5. The number of nitrogens with one attached hydrogen (secondary N) is 1. The lowest BCUT2D eigenvalue weighted by atomic mass is 10.0. The highest BCUT2D eigenvalue weighted by Crippen LogP contribution is 2.36. The van der Waals surface area contributed by atoms with Crippen LogP contribution < -0.4 is 10.9 Å². The normalized spacial score (nSPS) is 14.4. The molecule has 0 saturated heterocycles. The number of aromatic nitrogens is 3. The number of para-hydroxylation sites is 1. The average molecular weight is 565 g/mol. The van der Waals surface area contributed by atoms with Crippen LogP contribution in [-0.4, -0.2) is 26.7 Å². The van der Waals surface area contributed by atoms with Gasteiger partial charge in [-0.15, -0.1) is 0 Å². The predicted molar refractivity (Wildman–Crippen MR) is 161 cm³/mol. The van der Waals surface area contributed by atoms with Gasteiger partial charge in [0.05, 0.1) is 11.9 Å². The van der Waals surface area contributed by atoms with Crippen LogP contribution in [0.1, 0.15) is 28.6 Å². The second-order valence-corrected chi connectivity index (χ2v) is 10.0. The van der Waals surface area contributed by atoms with E-state index in [4.69, 9.17) is 28.3 Å². The van der Waals surface area contributed by atoms with Crippen LogP contribution in [-0.2, 0) is 6.42 Å². The topological polar surface area (TPSA) is 84.5 Å². The van der Waals surface area contributed by atoms with Crippen LogP contribution in [0, 0.1) is 0 Å². The Bertz CT molecular complexity index is 1780. The van der Waals surface area contributed by atoms with E-state index in [1.165, 1.54) is 0 Å². The van der Waals surface area contributed by atoms with Crippen molar-refractivity contribution >= 4 is 40.8 Å². The standard InChI is InChI=1S/C31H22Cl2N6O/c32-23-14-10-20(11-15-23)19-34-37-27(21-6-2-1-3-7-21)18-28-31(40)36-30-25-8-4-5-9-26(25)35-29(39(30)38-28)22-12-16-24(33)17-13-22/h1-17,19,29,35H,18H2/b34-19+,37-27-.